The second kappa shape index (κ2) is 8.23. The summed E-state index contributed by atoms with van der Waals surface area (Å²) in [4.78, 5) is 15.7. The van der Waals surface area contributed by atoms with Crippen molar-refractivity contribution in [3.63, 3.8) is 0 Å². The zero-order valence-corrected chi connectivity index (χ0v) is 18.2. The molecule has 0 spiro atoms. The molecule has 1 aromatic carbocycles. The lowest BCUT2D eigenvalue weighted by atomic mass is 10.0. The highest BCUT2D eigenvalue weighted by atomic mass is 32.2. The molecule has 1 aromatic heterocycles. The normalized spacial score (nSPS) is 15.7. The molecule has 3 rings (SSSR count). The van der Waals surface area contributed by atoms with Gasteiger partial charge in [-0.1, -0.05) is 19.1 Å². The summed E-state index contributed by atoms with van der Waals surface area (Å²) in [5.74, 6) is -0.598. The Balaban J connectivity index is 2.03. The van der Waals surface area contributed by atoms with Crippen molar-refractivity contribution in [1.82, 2.24) is 4.90 Å². The maximum Gasteiger partial charge on any atom is 0.340 e. The van der Waals surface area contributed by atoms with E-state index in [2.05, 4.69) is 23.5 Å². The Morgan fingerprint density at radius 3 is 2.79 bits per heavy atom. The number of ether oxygens (including phenoxy) is 1. The molecule has 1 N–H and O–H groups in total. The predicted molar refractivity (Wildman–Crippen MR) is 112 cm³/mol. The quantitative estimate of drug-likeness (QED) is 0.717. The molecule has 0 radical (unpaired) electrons. The number of methoxy groups -OCH3 is 1. The molecule has 1 aliphatic rings. The van der Waals surface area contributed by atoms with Crippen LogP contribution in [0, 0.1) is 6.92 Å². The highest BCUT2D eigenvalue weighted by molar-refractivity contribution is 7.94. The van der Waals surface area contributed by atoms with E-state index in [-0.39, 0.29) is 9.77 Å². The van der Waals surface area contributed by atoms with Crippen molar-refractivity contribution in [3.05, 3.63) is 45.8 Å². The fraction of sp³-hybridized carbons (Fsp3) is 0.450. The van der Waals surface area contributed by atoms with E-state index >= 15 is 0 Å². The molecule has 8 heteroatoms. The molecule has 0 amide bonds. The molecule has 1 aliphatic heterocycles. The Kier molecular flexibility index (Phi) is 6.12. The molecule has 0 fully saturated rings. The molecule has 1 unspecified atom stereocenters. The van der Waals surface area contributed by atoms with Gasteiger partial charge in [-0.05, 0) is 49.9 Å². The van der Waals surface area contributed by atoms with Crippen LogP contribution < -0.4 is 4.72 Å². The van der Waals surface area contributed by atoms with Crippen molar-refractivity contribution in [2.24, 2.45) is 0 Å². The molecule has 0 saturated carbocycles. The minimum Gasteiger partial charge on any atom is -0.465 e. The third-order valence-corrected chi connectivity index (χ3v) is 8.29. The molecule has 28 heavy (non-hydrogen) atoms. The van der Waals surface area contributed by atoms with Gasteiger partial charge in [0.25, 0.3) is 10.0 Å². The van der Waals surface area contributed by atoms with Gasteiger partial charge in [-0.3, -0.25) is 9.62 Å². The van der Waals surface area contributed by atoms with E-state index in [1.807, 2.05) is 13.0 Å². The summed E-state index contributed by atoms with van der Waals surface area (Å²) in [7, 11) is -2.62. The SMILES string of the molecule is CCC(C)N1CCc2c(sc(S(=O)(=O)Nc3cccc(C)c3)c2C(=O)OC)C1. The molecule has 6 nitrogen and oxygen atoms in total. The van der Waals surface area contributed by atoms with E-state index in [4.69, 9.17) is 4.74 Å². The van der Waals surface area contributed by atoms with Crippen molar-refractivity contribution >= 4 is 33.0 Å². The van der Waals surface area contributed by atoms with Gasteiger partial charge >= 0.3 is 5.97 Å². The molecule has 2 heterocycles. The van der Waals surface area contributed by atoms with Gasteiger partial charge in [-0.2, -0.15) is 0 Å². The summed E-state index contributed by atoms with van der Waals surface area (Å²) >= 11 is 1.17. The lowest BCUT2D eigenvalue weighted by Gasteiger charge is -2.31. The lowest BCUT2D eigenvalue weighted by Crippen LogP contribution is -2.37. The molecular weight excluding hydrogens is 396 g/mol. The Labute approximate surface area is 170 Å². The molecule has 1 atom stereocenters. The highest BCUT2D eigenvalue weighted by Crippen LogP contribution is 2.38. The Bertz CT molecular complexity index is 982. The Morgan fingerprint density at radius 1 is 1.39 bits per heavy atom. The molecule has 0 aliphatic carbocycles. The number of carbonyl (C=O) groups is 1. The largest absolute Gasteiger partial charge is 0.465 e. The van der Waals surface area contributed by atoms with E-state index in [9.17, 15) is 13.2 Å². The highest BCUT2D eigenvalue weighted by Gasteiger charge is 2.34. The van der Waals surface area contributed by atoms with Gasteiger partial charge < -0.3 is 4.74 Å². The van der Waals surface area contributed by atoms with Crippen LogP contribution in [0.25, 0.3) is 0 Å². The fourth-order valence-electron chi connectivity index (χ4n) is 3.44. The van der Waals surface area contributed by atoms with Crippen LogP contribution in [0.1, 0.15) is 46.6 Å². The number of sulfonamides is 1. The predicted octanol–water partition coefficient (Wildman–Crippen LogP) is 3.80. The van der Waals surface area contributed by atoms with Gasteiger partial charge in [0.05, 0.1) is 12.7 Å². The molecular formula is C20H26N2O4S2. The molecule has 0 saturated heterocycles. The van der Waals surface area contributed by atoms with E-state index in [0.29, 0.717) is 24.7 Å². The van der Waals surface area contributed by atoms with Gasteiger partial charge in [0.2, 0.25) is 0 Å². The molecule has 2 aromatic rings. The van der Waals surface area contributed by atoms with Crippen LogP contribution in [0.2, 0.25) is 0 Å². The standard InChI is InChI=1S/C20H26N2O4S2/c1-5-14(3)22-10-9-16-17(12-22)27-20(18(16)19(23)26-4)28(24,25)21-15-8-6-7-13(2)11-15/h6-8,11,14,21H,5,9-10,12H2,1-4H3. The number of hydrogen-bond acceptors (Lipinski definition) is 6. The second-order valence-corrected chi connectivity index (χ2v) is 10.1. The summed E-state index contributed by atoms with van der Waals surface area (Å²) in [5, 5.41) is 0. The summed E-state index contributed by atoms with van der Waals surface area (Å²) in [5.41, 5.74) is 2.42. The third kappa shape index (κ3) is 4.09. The topological polar surface area (TPSA) is 75.7 Å². The van der Waals surface area contributed by atoms with E-state index in [0.717, 1.165) is 29.0 Å². The van der Waals surface area contributed by atoms with Gasteiger partial charge in [-0.25, -0.2) is 13.2 Å². The number of aryl methyl sites for hydroxylation is 1. The molecule has 0 bridgehead atoms. The number of hydrogen-bond donors (Lipinski definition) is 1. The lowest BCUT2D eigenvalue weighted by molar-refractivity contribution is 0.0595. The van der Waals surface area contributed by atoms with Crippen LogP contribution in [0.5, 0.6) is 0 Å². The van der Waals surface area contributed by atoms with Crippen molar-refractivity contribution < 1.29 is 17.9 Å². The maximum absolute atomic E-state index is 13.1. The second-order valence-electron chi connectivity index (χ2n) is 7.11. The number of benzene rings is 1. The monoisotopic (exact) mass is 422 g/mol. The van der Waals surface area contributed by atoms with Crippen LogP contribution in [0.3, 0.4) is 0 Å². The maximum atomic E-state index is 13.1. The zero-order valence-electron chi connectivity index (χ0n) is 16.6. The number of fused-ring (bicyclic) bond motifs is 1. The number of nitrogens with zero attached hydrogens (tertiary/aromatic N) is 1. The average molecular weight is 423 g/mol. The number of rotatable bonds is 6. The Morgan fingerprint density at radius 2 is 2.14 bits per heavy atom. The molecule has 152 valence electrons. The van der Waals surface area contributed by atoms with Crippen molar-refractivity contribution in [2.45, 2.75) is 50.4 Å². The van der Waals surface area contributed by atoms with E-state index < -0.39 is 16.0 Å². The first-order valence-corrected chi connectivity index (χ1v) is 11.6. The summed E-state index contributed by atoms with van der Waals surface area (Å²) in [6.07, 6.45) is 1.66. The number of nitrogens with one attached hydrogen (secondary N) is 1. The fourth-order valence-corrected chi connectivity index (χ4v) is 6.40. The zero-order chi connectivity index (χ0) is 20.5. The first-order chi connectivity index (χ1) is 13.3. The van der Waals surface area contributed by atoms with Crippen LogP contribution in [-0.4, -0.2) is 39.0 Å². The minimum absolute atomic E-state index is 0.0388. The smallest absolute Gasteiger partial charge is 0.340 e. The van der Waals surface area contributed by atoms with E-state index in [1.54, 1.807) is 18.2 Å². The van der Waals surface area contributed by atoms with Crippen molar-refractivity contribution in [1.29, 1.82) is 0 Å². The first-order valence-electron chi connectivity index (χ1n) is 9.33. The number of carbonyl (C=O) groups excluding carboxylic acids is 1. The van der Waals surface area contributed by atoms with Crippen LogP contribution in [0.15, 0.2) is 28.5 Å². The van der Waals surface area contributed by atoms with Crippen LogP contribution >= 0.6 is 11.3 Å². The third-order valence-electron chi connectivity index (χ3n) is 5.17. The van der Waals surface area contributed by atoms with Crippen molar-refractivity contribution in [2.75, 3.05) is 18.4 Å². The van der Waals surface area contributed by atoms with Gasteiger partial charge in [0, 0.05) is 29.7 Å². The summed E-state index contributed by atoms with van der Waals surface area (Å²) < 4.78 is 33.8. The summed E-state index contributed by atoms with van der Waals surface area (Å²) in [6.45, 7) is 7.64. The van der Waals surface area contributed by atoms with Crippen LogP contribution in [0.4, 0.5) is 5.69 Å². The van der Waals surface area contributed by atoms with E-state index in [1.165, 1.54) is 18.4 Å². The first kappa shape index (κ1) is 20.8. The average Bonchev–Trinajstić information content (AvgIpc) is 3.06. The Hall–Kier alpha value is -1.90. The van der Waals surface area contributed by atoms with Gasteiger partial charge in [0.1, 0.15) is 0 Å². The number of thiophene rings is 1. The minimum atomic E-state index is -3.90. The van der Waals surface area contributed by atoms with Gasteiger partial charge in [0.15, 0.2) is 4.21 Å². The number of esters is 1. The van der Waals surface area contributed by atoms with Crippen LogP contribution in [-0.2, 0) is 27.7 Å². The van der Waals surface area contributed by atoms with Crippen molar-refractivity contribution in [3.8, 4) is 0 Å². The van der Waals surface area contributed by atoms with Gasteiger partial charge in [-0.15, -0.1) is 11.3 Å². The summed E-state index contributed by atoms with van der Waals surface area (Å²) in [6, 6.07) is 7.54. The number of anilines is 1.